The van der Waals surface area contributed by atoms with Gasteiger partial charge in [0.05, 0.1) is 19.8 Å². The van der Waals surface area contributed by atoms with Gasteiger partial charge in [-0.05, 0) is 37.1 Å². The summed E-state index contributed by atoms with van der Waals surface area (Å²) >= 11 is 0. The van der Waals surface area contributed by atoms with Gasteiger partial charge in [-0.25, -0.2) is 0 Å². The van der Waals surface area contributed by atoms with Crippen molar-refractivity contribution in [3.05, 3.63) is 24.3 Å². The number of morpholine rings is 1. The van der Waals surface area contributed by atoms with E-state index in [1.165, 1.54) is 0 Å². The Balaban J connectivity index is 1.46. The number of benzene rings is 1. The van der Waals surface area contributed by atoms with Crippen LogP contribution in [0.4, 0.5) is 11.4 Å². The van der Waals surface area contributed by atoms with E-state index in [4.69, 9.17) is 4.74 Å². The average Bonchev–Trinajstić information content (AvgIpc) is 3.12. The van der Waals surface area contributed by atoms with E-state index >= 15 is 0 Å². The van der Waals surface area contributed by atoms with Crippen molar-refractivity contribution in [3.63, 3.8) is 0 Å². The second-order valence-electron chi connectivity index (χ2n) is 6.48. The molecule has 1 saturated heterocycles. The zero-order chi connectivity index (χ0) is 16.8. The molecule has 0 radical (unpaired) electrons. The number of carbonyl (C=O) groups is 2. The molecule has 0 bridgehead atoms. The molecule has 2 aliphatic rings. The normalized spacial score (nSPS) is 19.2. The number of rotatable bonds is 5. The number of hydrogen-bond donors (Lipinski definition) is 2. The number of nitrogens with one attached hydrogen (secondary N) is 2. The van der Waals surface area contributed by atoms with Crippen LogP contribution in [0.5, 0.6) is 0 Å². The Morgan fingerprint density at radius 2 is 1.58 bits per heavy atom. The van der Waals surface area contributed by atoms with Crippen molar-refractivity contribution in [1.29, 1.82) is 0 Å². The second kappa shape index (κ2) is 8.26. The van der Waals surface area contributed by atoms with Crippen LogP contribution in [0.15, 0.2) is 24.3 Å². The number of ether oxygens (including phenoxy) is 1. The molecule has 2 fully saturated rings. The van der Waals surface area contributed by atoms with Crippen LogP contribution in [0.3, 0.4) is 0 Å². The summed E-state index contributed by atoms with van der Waals surface area (Å²) in [5, 5.41) is 5.85. The molecule has 6 nitrogen and oxygen atoms in total. The highest BCUT2D eigenvalue weighted by molar-refractivity contribution is 5.94. The van der Waals surface area contributed by atoms with Crippen molar-refractivity contribution in [2.45, 2.75) is 25.7 Å². The van der Waals surface area contributed by atoms with Gasteiger partial charge in [0.1, 0.15) is 0 Å². The molecule has 2 N–H and O–H groups in total. The minimum absolute atomic E-state index is 0.0281. The molecule has 0 spiro atoms. The van der Waals surface area contributed by atoms with Gasteiger partial charge in [0.15, 0.2) is 0 Å². The Morgan fingerprint density at radius 3 is 2.21 bits per heavy atom. The molecule has 130 valence electrons. The molecule has 1 aliphatic carbocycles. The van der Waals surface area contributed by atoms with Gasteiger partial charge in [0.25, 0.3) is 0 Å². The Hall–Kier alpha value is -1.92. The van der Waals surface area contributed by atoms with E-state index in [0.29, 0.717) is 19.8 Å². The molecular weight excluding hydrogens is 306 g/mol. The summed E-state index contributed by atoms with van der Waals surface area (Å²) in [6.45, 7) is 3.33. The predicted molar refractivity (Wildman–Crippen MR) is 92.9 cm³/mol. The van der Waals surface area contributed by atoms with Gasteiger partial charge in [-0.3, -0.25) is 14.5 Å². The van der Waals surface area contributed by atoms with Crippen LogP contribution < -0.4 is 10.6 Å². The highest BCUT2D eigenvalue weighted by atomic mass is 16.5. The van der Waals surface area contributed by atoms with Crippen molar-refractivity contribution >= 4 is 23.2 Å². The third-order valence-electron chi connectivity index (χ3n) is 4.63. The molecule has 1 saturated carbocycles. The largest absolute Gasteiger partial charge is 0.379 e. The van der Waals surface area contributed by atoms with Gasteiger partial charge >= 0.3 is 0 Å². The standard InChI is InChI=1S/C18H25N3O3/c22-17(13-21-9-11-24-12-10-21)19-15-5-7-16(8-6-15)20-18(23)14-3-1-2-4-14/h5-8,14H,1-4,9-13H2,(H,19,22)(H,20,23). The molecule has 1 aromatic rings. The summed E-state index contributed by atoms with van der Waals surface area (Å²) in [7, 11) is 0. The van der Waals surface area contributed by atoms with E-state index in [1.54, 1.807) is 0 Å². The topological polar surface area (TPSA) is 70.7 Å². The summed E-state index contributed by atoms with van der Waals surface area (Å²) in [6.07, 6.45) is 4.27. The molecule has 6 heteroatoms. The minimum atomic E-state index is -0.0281. The van der Waals surface area contributed by atoms with E-state index < -0.39 is 0 Å². The summed E-state index contributed by atoms with van der Waals surface area (Å²) in [5.74, 6) is 0.231. The smallest absolute Gasteiger partial charge is 0.238 e. The van der Waals surface area contributed by atoms with E-state index in [1.807, 2.05) is 24.3 Å². The number of hydrogen-bond acceptors (Lipinski definition) is 4. The summed E-state index contributed by atoms with van der Waals surface area (Å²) in [6, 6.07) is 7.30. The highest BCUT2D eigenvalue weighted by Crippen LogP contribution is 2.26. The lowest BCUT2D eigenvalue weighted by Gasteiger charge is -2.25. The monoisotopic (exact) mass is 331 g/mol. The minimum Gasteiger partial charge on any atom is -0.379 e. The number of anilines is 2. The molecule has 1 heterocycles. The van der Waals surface area contributed by atoms with Crippen molar-refractivity contribution in [2.75, 3.05) is 43.5 Å². The van der Waals surface area contributed by atoms with Gasteiger partial charge in [-0.15, -0.1) is 0 Å². The van der Waals surface area contributed by atoms with Crippen LogP contribution in [0.1, 0.15) is 25.7 Å². The van der Waals surface area contributed by atoms with Gasteiger partial charge < -0.3 is 15.4 Å². The van der Waals surface area contributed by atoms with Crippen LogP contribution in [-0.2, 0) is 14.3 Å². The lowest BCUT2D eigenvalue weighted by atomic mass is 10.1. The number of amides is 2. The molecular formula is C18H25N3O3. The quantitative estimate of drug-likeness (QED) is 0.867. The first-order valence-corrected chi connectivity index (χ1v) is 8.71. The maximum Gasteiger partial charge on any atom is 0.238 e. The Bertz CT molecular complexity index is 561. The van der Waals surface area contributed by atoms with E-state index in [9.17, 15) is 9.59 Å². The molecule has 3 rings (SSSR count). The Kier molecular flexibility index (Phi) is 5.82. The predicted octanol–water partition coefficient (Wildman–Crippen LogP) is 2.09. The van der Waals surface area contributed by atoms with Crippen LogP contribution in [0.2, 0.25) is 0 Å². The fraction of sp³-hybridized carbons (Fsp3) is 0.556. The van der Waals surface area contributed by atoms with Crippen LogP contribution in [0.25, 0.3) is 0 Å². The third kappa shape index (κ3) is 4.79. The summed E-state index contributed by atoms with van der Waals surface area (Å²) in [5.41, 5.74) is 1.52. The molecule has 0 aromatic heterocycles. The van der Waals surface area contributed by atoms with Crippen LogP contribution in [0, 0.1) is 5.92 Å². The van der Waals surface area contributed by atoms with Crippen molar-refractivity contribution < 1.29 is 14.3 Å². The fourth-order valence-corrected chi connectivity index (χ4v) is 3.23. The van der Waals surface area contributed by atoms with Gasteiger partial charge in [-0.2, -0.15) is 0 Å². The van der Waals surface area contributed by atoms with E-state index in [-0.39, 0.29) is 17.7 Å². The van der Waals surface area contributed by atoms with Crippen molar-refractivity contribution in [3.8, 4) is 0 Å². The molecule has 2 amide bonds. The summed E-state index contributed by atoms with van der Waals surface area (Å²) in [4.78, 5) is 26.2. The second-order valence-corrected chi connectivity index (χ2v) is 6.48. The Morgan fingerprint density at radius 1 is 1.00 bits per heavy atom. The Labute approximate surface area is 142 Å². The molecule has 0 atom stereocenters. The van der Waals surface area contributed by atoms with Crippen LogP contribution >= 0.6 is 0 Å². The molecule has 1 aromatic carbocycles. The summed E-state index contributed by atoms with van der Waals surface area (Å²) < 4.78 is 5.27. The lowest BCUT2D eigenvalue weighted by molar-refractivity contribution is -0.120. The first-order valence-electron chi connectivity index (χ1n) is 8.71. The highest BCUT2D eigenvalue weighted by Gasteiger charge is 2.22. The van der Waals surface area contributed by atoms with Gasteiger partial charge in [-0.1, -0.05) is 12.8 Å². The van der Waals surface area contributed by atoms with Gasteiger partial charge in [0, 0.05) is 30.4 Å². The molecule has 0 unspecified atom stereocenters. The van der Waals surface area contributed by atoms with Crippen molar-refractivity contribution in [1.82, 2.24) is 4.90 Å². The molecule has 24 heavy (non-hydrogen) atoms. The van der Waals surface area contributed by atoms with Crippen molar-refractivity contribution in [2.24, 2.45) is 5.92 Å². The first kappa shape index (κ1) is 16.9. The fourth-order valence-electron chi connectivity index (χ4n) is 3.23. The van der Waals surface area contributed by atoms with Crippen LogP contribution in [-0.4, -0.2) is 49.6 Å². The number of carbonyl (C=O) groups excluding carboxylic acids is 2. The zero-order valence-electron chi connectivity index (χ0n) is 13.9. The van der Waals surface area contributed by atoms with E-state index in [2.05, 4.69) is 15.5 Å². The first-order chi connectivity index (χ1) is 11.7. The lowest BCUT2D eigenvalue weighted by Crippen LogP contribution is -2.41. The SMILES string of the molecule is O=C(CN1CCOCC1)Nc1ccc(NC(=O)C2CCCC2)cc1. The third-order valence-corrected chi connectivity index (χ3v) is 4.63. The molecule has 1 aliphatic heterocycles. The maximum atomic E-state index is 12.1. The van der Waals surface area contributed by atoms with E-state index in [0.717, 1.165) is 50.1 Å². The van der Waals surface area contributed by atoms with Gasteiger partial charge in [0.2, 0.25) is 11.8 Å². The zero-order valence-corrected chi connectivity index (χ0v) is 13.9. The number of nitrogens with zero attached hydrogens (tertiary/aromatic N) is 1. The maximum absolute atomic E-state index is 12.1. The average molecular weight is 331 g/mol.